The van der Waals surface area contributed by atoms with E-state index in [1.165, 1.54) is 3.97 Å². The number of carbonyl (C=O) groups is 1. The quantitative estimate of drug-likeness (QED) is 0.190. The molecular weight excluding hydrogens is 548 g/mol. The molecule has 1 N–H and O–H groups in total. The zero-order chi connectivity index (χ0) is 28.4. The van der Waals surface area contributed by atoms with Crippen LogP contribution in [-0.2, 0) is 14.9 Å². The van der Waals surface area contributed by atoms with E-state index in [2.05, 4.69) is 0 Å². The van der Waals surface area contributed by atoms with Gasteiger partial charge in [0.25, 0.3) is 0 Å². The Morgan fingerprint density at radius 3 is 2.20 bits per heavy atom. The van der Waals surface area contributed by atoms with Crippen LogP contribution in [0.25, 0.3) is 33.2 Å². The molecule has 1 aromatic heterocycles. The predicted molar refractivity (Wildman–Crippen MR) is 161 cm³/mol. The topological polar surface area (TPSA) is 60.7 Å². The first-order chi connectivity index (χ1) is 19.0. The monoisotopic (exact) mass is 577 g/mol. The van der Waals surface area contributed by atoms with Gasteiger partial charge in [-0.25, -0.2) is 0 Å². The van der Waals surface area contributed by atoms with E-state index in [4.69, 9.17) is 20.9 Å². The molecule has 9 heteroatoms. The Kier molecular flexibility index (Phi) is 6.71. The molecule has 1 aliphatic carbocycles. The van der Waals surface area contributed by atoms with Crippen LogP contribution in [0.3, 0.4) is 0 Å². The van der Waals surface area contributed by atoms with E-state index >= 15 is 0 Å². The molecule has 4 aromatic rings. The van der Waals surface area contributed by atoms with Crippen LogP contribution in [0.15, 0.2) is 60.8 Å². The summed E-state index contributed by atoms with van der Waals surface area (Å²) in [6.07, 6.45) is 5.10. The summed E-state index contributed by atoms with van der Waals surface area (Å²) in [6, 6.07) is 17.1. The van der Waals surface area contributed by atoms with Gasteiger partial charge in [-0.2, -0.15) is 0 Å². The minimum Gasteiger partial charge on any atom is -0.399 e. The molecule has 40 heavy (non-hydrogen) atoms. The van der Waals surface area contributed by atoms with Crippen molar-refractivity contribution in [2.45, 2.75) is 63.8 Å². The Balaban J connectivity index is 1.45. The smallest absolute Gasteiger partial charge is 0.399 e. The van der Waals surface area contributed by atoms with E-state index < -0.39 is 23.9 Å². The van der Waals surface area contributed by atoms with Crippen molar-refractivity contribution in [3.05, 3.63) is 76.9 Å². The van der Waals surface area contributed by atoms with E-state index in [9.17, 15) is 13.8 Å². The number of hydrogen-bond donors (Lipinski definition) is 1. The fourth-order valence-corrected chi connectivity index (χ4v) is 6.15. The SMILES string of the molecule is CC1(C)OB(c2cc(-c3cn(SF)c4cc(Cl)c(-c5ccc(C6(O)CCC6)cc5)cc34)ccc2C=O)OC1(C)C. The van der Waals surface area contributed by atoms with E-state index in [1.807, 2.05) is 70.2 Å². The minimum atomic E-state index is -0.739. The Morgan fingerprint density at radius 2 is 1.62 bits per heavy atom. The lowest BCUT2D eigenvalue weighted by Crippen LogP contribution is -2.41. The molecule has 5 nitrogen and oxygen atoms in total. The maximum atomic E-state index is 14.1. The molecule has 0 amide bonds. The van der Waals surface area contributed by atoms with Gasteiger partial charge in [0, 0.05) is 28.3 Å². The summed E-state index contributed by atoms with van der Waals surface area (Å²) in [6.45, 7) is 7.86. The van der Waals surface area contributed by atoms with Crippen molar-refractivity contribution in [3.63, 3.8) is 0 Å². The number of rotatable bonds is 6. The molecular formula is C31H30BClFNO4S. The number of nitrogens with zero attached hydrogens (tertiary/aromatic N) is 1. The van der Waals surface area contributed by atoms with Crippen molar-refractivity contribution < 1.29 is 23.1 Å². The van der Waals surface area contributed by atoms with E-state index in [0.717, 1.165) is 58.8 Å². The maximum absolute atomic E-state index is 14.1. The molecule has 0 unspecified atom stereocenters. The number of fused-ring (bicyclic) bond motifs is 1. The van der Waals surface area contributed by atoms with Gasteiger partial charge >= 0.3 is 7.12 Å². The highest BCUT2D eigenvalue weighted by Crippen LogP contribution is 2.43. The van der Waals surface area contributed by atoms with Crippen LogP contribution in [0, 0.1) is 0 Å². The molecule has 0 atom stereocenters. The van der Waals surface area contributed by atoms with Crippen molar-refractivity contribution in [1.82, 2.24) is 3.97 Å². The molecule has 1 saturated carbocycles. The first-order valence-corrected chi connectivity index (χ1v) is 14.4. The normalized spacial score (nSPS) is 19.1. The van der Waals surface area contributed by atoms with Crippen LogP contribution in [0.2, 0.25) is 5.02 Å². The van der Waals surface area contributed by atoms with Gasteiger partial charge in [-0.05, 0) is 81.2 Å². The van der Waals surface area contributed by atoms with Crippen LogP contribution in [0.4, 0.5) is 3.89 Å². The predicted octanol–water partition coefficient (Wildman–Crippen LogP) is 7.49. The molecule has 0 radical (unpaired) electrons. The third kappa shape index (κ3) is 4.41. The summed E-state index contributed by atoms with van der Waals surface area (Å²) >= 11 is 6.83. The molecule has 1 saturated heterocycles. The number of aliphatic hydroxyl groups is 1. The molecule has 1 aliphatic heterocycles. The van der Waals surface area contributed by atoms with Crippen molar-refractivity contribution >= 4 is 53.7 Å². The molecule has 2 fully saturated rings. The molecule has 0 spiro atoms. The van der Waals surface area contributed by atoms with Gasteiger partial charge in [0.1, 0.15) is 6.29 Å². The number of hydrogen-bond acceptors (Lipinski definition) is 5. The maximum Gasteiger partial charge on any atom is 0.495 e. The Bertz CT molecular complexity index is 1610. The number of benzene rings is 3. The second kappa shape index (κ2) is 9.74. The van der Waals surface area contributed by atoms with Crippen LogP contribution < -0.4 is 5.46 Å². The van der Waals surface area contributed by atoms with Crippen molar-refractivity contribution in [2.75, 3.05) is 0 Å². The van der Waals surface area contributed by atoms with E-state index in [1.54, 1.807) is 18.3 Å². The van der Waals surface area contributed by atoms with Gasteiger partial charge in [-0.1, -0.05) is 54.1 Å². The average Bonchev–Trinajstić information content (AvgIpc) is 3.38. The Hall–Kier alpha value is -2.62. The molecule has 2 heterocycles. The van der Waals surface area contributed by atoms with Gasteiger partial charge < -0.3 is 14.4 Å². The van der Waals surface area contributed by atoms with Gasteiger partial charge in [-0.15, -0.1) is 3.89 Å². The summed E-state index contributed by atoms with van der Waals surface area (Å²) < 4.78 is 28.0. The van der Waals surface area contributed by atoms with E-state index in [0.29, 0.717) is 21.6 Å². The second-order valence-corrected chi connectivity index (χ2v) is 12.7. The zero-order valence-corrected chi connectivity index (χ0v) is 24.4. The highest BCUT2D eigenvalue weighted by atomic mass is 35.5. The average molecular weight is 578 g/mol. The molecule has 3 aromatic carbocycles. The van der Waals surface area contributed by atoms with Crippen molar-refractivity contribution in [1.29, 1.82) is 0 Å². The number of aromatic nitrogens is 1. The van der Waals surface area contributed by atoms with Gasteiger partial charge in [0.05, 0.1) is 27.3 Å². The fraction of sp³-hybridized carbons (Fsp3) is 0.323. The number of halogens is 2. The number of carbonyl (C=O) groups excluding carboxylic acids is 1. The van der Waals surface area contributed by atoms with Crippen molar-refractivity contribution in [3.8, 4) is 22.3 Å². The summed E-state index contributed by atoms with van der Waals surface area (Å²) in [5.74, 6) is 0. The minimum absolute atomic E-state index is 0.0991. The summed E-state index contributed by atoms with van der Waals surface area (Å²) in [5, 5.41) is 12.0. The zero-order valence-electron chi connectivity index (χ0n) is 22.8. The van der Waals surface area contributed by atoms with Gasteiger partial charge in [-0.3, -0.25) is 8.77 Å². The lowest BCUT2D eigenvalue weighted by molar-refractivity contribution is -0.0387. The fourth-order valence-electron chi connectivity index (χ4n) is 5.51. The summed E-state index contributed by atoms with van der Waals surface area (Å²) in [5.41, 5.74) is 4.06. The number of aldehydes is 1. The Labute approximate surface area is 243 Å². The van der Waals surface area contributed by atoms with Crippen molar-refractivity contribution in [2.24, 2.45) is 0 Å². The summed E-state index contributed by atoms with van der Waals surface area (Å²) in [4.78, 5) is 12.0. The lowest BCUT2D eigenvalue weighted by Gasteiger charge is -2.37. The Morgan fingerprint density at radius 1 is 0.975 bits per heavy atom. The molecule has 2 aliphatic rings. The van der Waals surface area contributed by atoms with Gasteiger partial charge in [0.2, 0.25) is 0 Å². The highest BCUT2D eigenvalue weighted by molar-refractivity contribution is 7.92. The molecule has 206 valence electrons. The third-order valence-electron chi connectivity index (χ3n) is 8.88. The van der Waals surface area contributed by atoms with Crippen LogP contribution in [0.1, 0.15) is 62.9 Å². The summed E-state index contributed by atoms with van der Waals surface area (Å²) in [7, 11) is -0.719. The first kappa shape index (κ1) is 27.5. The lowest BCUT2D eigenvalue weighted by atomic mass is 9.75. The highest BCUT2D eigenvalue weighted by Gasteiger charge is 2.52. The largest absolute Gasteiger partial charge is 0.495 e. The third-order valence-corrected chi connectivity index (χ3v) is 9.64. The van der Waals surface area contributed by atoms with Crippen LogP contribution in [0.5, 0.6) is 0 Å². The van der Waals surface area contributed by atoms with E-state index in [-0.39, 0.29) is 12.3 Å². The van der Waals surface area contributed by atoms with Gasteiger partial charge in [0.15, 0.2) is 12.3 Å². The standard InChI is InChI=1S/C31H30BClFNO4S/c1-29(2)30(3,4)39-32(38-29)26-14-20(6-7-21(26)18-36)25-17-35(40-34)28-16-27(33)23(15-24(25)28)19-8-10-22(11-9-19)31(37)12-5-13-31/h6-11,14-18,37H,5,12-13H2,1-4H3. The first-order valence-electron chi connectivity index (χ1n) is 13.4. The molecule has 6 rings (SSSR count). The second-order valence-electron chi connectivity index (χ2n) is 11.8. The van der Waals surface area contributed by atoms with Crippen LogP contribution in [-0.4, -0.2) is 33.7 Å². The van der Waals surface area contributed by atoms with Crippen LogP contribution >= 0.6 is 23.9 Å². The molecule has 0 bridgehead atoms.